The fraction of sp³-hybridized carbons (Fsp3) is 0.368. The van der Waals surface area contributed by atoms with Gasteiger partial charge < -0.3 is 15.3 Å². The third-order valence-corrected chi connectivity index (χ3v) is 3.85. The average molecular weight is 334 g/mol. The Balaban J connectivity index is 1.64. The summed E-state index contributed by atoms with van der Waals surface area (Å²) < 4.78 is 26.4. The van der Waals surface area contributed by atoms with Crippen molar-refractivity contribution in [2.24, 2.45) is 0 Å². The van der Waals surface area contributed by atoms with Crippen LogP contribution >= 0.6 is 0 Å². The van der Waals surface area contributed by atoms with Gasteiger partial charge in [0.05, 0.1) is 6.10 Å². The highest BCUT2D eigenvalue weighted by atomic mass is 19.1. The summed E-state index contributed by atoms with van der Waals surface area (Å²) in [7, 11) is 2.07. The number of aliphatic hydroxyl groups is 1. The number of hydrogen-bond acceptors (Lipinski definition) is 3. The maximum absolute atomic E-state index is 13.6. The molecule has 1 atom stereocenters. The lowest BCUT2D eigenvalue weighted by Gasteiger charge is -2.17. The van der Waals surface area contributed by atoms with Gasteiger partial charge in [0.2, 0.25) is 0 Å². The molecule has 0 radical (unpaired) electrons. The van der Waals surface area contributed by atoms with E-state index in [-0.39, 0.29) is 12.1 Å². The number of halogens is 2. The van der Waals surface area contributed by atoms with Crippen LogP contribution in [0.4, 0.5) is 8.78 Å². The van der Waals surface area contributed by atoms with Crippen LogP contribution in [0.15, 0.2) is 48.5 Å². The predicted molar refractivity (Wildman–Crippen MR) is 91.6 cm³/mol. The van der Waals surface area contributed by atoms with Crippen molar-refractivity contribution in [3.8, 4) is 0 Å². The van der Waals surface area contributed by atoms with E-state index >= 15 is 0 Å². The zero-order chi connectivity index (χ0) is 17.4. The van der Waals surface area contributed by atoms with E-state index in [2.05, 4.69) is 29.4 Å². The Labute approximate surface area is 141 Å². The number of nitrogens with zero attached hydrogens (tertiary/aromatic N) is 1. The molecule has 0 saturated carbocycles. The molecule has 0 aliphatic rings. The third kappa shape index (κ3) is 6.00. The molecule has 0 amide bonds. The second-order valence-electron chi connectivity index (χ2n) is 5.96. The van der Waals surface area contributed by atoms with E-state index in [1.165, 1.54) is 11.6 Å². The minimum absolute atomic E-state index is 0.116. The van der Waals surface area contributed by atoms with Crippen molar-refractivity contribution in [3.05, 3.63) is 71.3 Å². The van der Waals surface area contributed by atoms with Gasteiger partial charge in [-0.25, -0.2) is 8.78 Å². The maximum Gasteiger partial charge on any atom is 0.131 e. The van der Waals surface area contributed by atoms with Gasteiger partial charge in [-0.3, -0.25) is 0 Å². The smallest absolute Gasteiger partial charge is 0.131 e. The molecule has 0 aliphatic heterocycles. The van der Waals surface area contributed by atoms with Crippen LogP contribution in [-0.2, 0) is 6.54 Å². The second kappa shape index (κ2) is 9.47. The number of benzene rings is 2. The highest BCUT2D eigenvalue weighted by molar-refractivity contribution is 5.21. The standard InChI is InChI=1S/C19H24F2N2O/c1-23(14-15-6-3-2-4-7-15)11-5-10-22-13-19(24)17-9-8-16(20)12-18(17)21/h2-4,6-9,12,19,22,24H,5,10-11,13-14H2,1H3. The summed E-state index contributed by atoms with van der Waals surface area (Å²) in [6.07, 6.45) is -0.0604. The molecule has 0 fully saturated rings. The Kier molecular flexibility index (Phi) is 7.31. The molecule has 0 heterocycles. The molecule has 0 spiro atoms. The van der Waals surface area contributed by atoms with E-state index in [1.54, 1.807) is 0 Å². The summed E-state index contributed by atoms with van der Waals surface area (Å²) in [5, 5.41) is 13.1. The van der Waals surface area contributed by atoms with E-state index in [0.29, 0.717) is 0 Å². The van der Waals surface area contributed by atoms with Crippen LogP contribution in [0.25, 0.3) is 0 Å². The van der Waals surface area contributed by atoms with Crippen LogP contribution in [0.2, 0.25) is 0 Å². The molecule has 5 heteroatoms. The molecule has 2 aromatic rings. The van der Waals surface area contributed by atoms with Crippen LogP contribution in [0.5, 0.6) is 0 Å². The Hall–Kier alpha value is -1.82. The zero-order valence-corrected chi connectivity index (χ0v) is 13.9. The van der Waals surface area contributed by atoms with E-state index in [1.807, 2.05) is 18.2 Å². The lowest BCUT2D eigenvalue weighted by molar-refractivity contribution is 0.169. The van der Waals surface area contributed by atoms with Crippen molar-refractivity contribution in [2.45, 2.75) is 19.1 Å². The molecular formula is C19H24F2N2O. The van der Waals surface area contributed by atoms with Crippen LogP contribution in [0.3, 0.4) is 0 Å². The van der Waals surface area contributed by atoms with Gasteiger partial charge in [-0.15, -0.1) is 0 Å². The number of nitrogens with one attached hydrogen (secondary N) is 1. The maximum atomic E-state index is 13.6. The van der Waals surface area contributed by atoms with Gasteiger partial charge in [0.25, 0.3) is 0 Å². The van der Waals surface area contributed by atoms with Gasteiger partial charge in [0, 0.05) is 24.7 Å². The van der Waals surface area contributed by atoms with Crippen molar-refractivity contribution in [1.29, 1.82) is 0 Å². The summed E-state index contributed by atoms with van der Waals surface area (Å²) >= 11 is 0. The molecule has 0 aliphatic carbocycles. The van der Waals surface area contributed by atoms with Gasteiger partial charge in [-0.1, -0.05) is 36.4 Å². The summed E-state index contributed by atoms with van der Waals surface area (Å²) in [5.74, 6) is -1.36. The summed E-state index contributed by atoms with van der Waals surface area (Å²) in [5.41, 5.74) is 1.39. The predicted octanol–water partition coefficient (Wildman–Crippen LogP) is 3.11. The highest BCUT2D eigenvalue weighted by Gasteiger charge is 2.12. The molecule has 0 aromatic heterocycles. The van der Waals surface area contributed by atoms with Gasteiger partial charge >= 0.3 is 0 Å². The normalized spacial score (nSPS) is 12.5. The van der Waals surface area contributed by atoms with E-state index in [9.17, 15) is 13.9 Å². The Morgan fingerprint density at radius 1 is 1.12 bits per heavy atom. The fourth-order valence-corrected chi connectivity index (χ4v) is 2.57. The van der Waals surface area contributed by atoms with E-state index < -0.39 is 17.7 Å². The summed E-state index contributed by atoms with van der Waals surface area (Å²) in [4.78, 5) is 2.23. The first-order valence-corrected chi connectivity index (χ1v) is 8.12. The van der Waals surface area contributed by atoms with E-state index in [4.69, 9.17) is 0 Å². The zero-order valence-electron chi connectivity index (χ0n) is 13.9. The molecular weight excluding hydrogens is 310 g/mol. The summed E-state index contributed by atoms with van der Waals surface area (Å²) in [6, 6.07) is 13.5. The van der Waals surface area contributed by atoms with Crippen molar-refractivity contribution >= 4 is 0 Å². The van der Waals surface area contributed by atoms with Crippen LogP contribution < -0.4 is 5.32 Å². The lowest BCUT2D eigenvalue weighted by Crippen LogP contribution is -2.27. The molecule has 0 bridgehead atoms. The first-order chi connectivity index (χ1) is 11.6. The monoisotopic (exact) mass is 334 g/mol. The number of rotatable bonds is 9. The van der Waals surface area contributed by atoms with Crippen LogP contribution in [0.1, 0.15) is 23.7 Å². The first kappa shape index (κ1) is 18.5. The molecule has 2 N–H and O–H groups in total. The quantitative estimate of drug-likeness (QED) is 0.692. The first-order valence-electron chi connectivity index (χ1n) is 8.12. The molecule has 2 rings (SSSR count). The largest absolute Gasteiger partial charge is 0.387 e. The third-order valence-electron chi connectivity index (χ3n) is 3.85. The van der Waals surface area contributed by atoms with Crippen molar-refractivity contribution in [1.82, 2.24) is 10.2 Å². The van der Waals surface area contributed by atoms with E-state index in [0.717, 1.165) is 38.2 Å². The minimum atomic E-state index is -0.979. The van der Waals surface area contributed by atoms with Crippen LogP contribution in [0, 0.1) is 11.6 Å². The highest BCUT2D eigenvalue weighted by Crippen LogP contribution is 2.17. The van der Waals surface area contributed by atoms with Gasteiger partial charge in [-0.05, 0) is 38.2 Å². The Bertz CT molecular complexity index is 622. The number of aliphatic hydroxyl groups excluding tert-OH is 1. The molecule has 3 nitrogen and oxygen atoms in total. The van der Waals surface area contributed by atoms with Gasteiger partial charge in [0.15, 0.2) is 0 Å². The molecule has 1 unspecified atom stereocenters. The van der Waals surface area contributed by atoms with Gasteiger partial charge in [0.1, 0.15) is 11.6 Å². The molecule has 130 valence electrons. The van der Waals surface area contributed by atoms with Crippen molar-refractivity contribution < 1.29 is 13.9 Å². The fourth-order valence-electron chi connectivity index (χ4n) is 2.57. The van der Waals surface area contributed by atoms with Crippen molar-refractivity contribution in [2.75, 3.05) is 26.7 Å². The Morgan fingerprint density at radius 2 is 1.88 bits per heavy atom. The minimum Gasteiger partial charge on any atom is -0.387 e. The summed E-state index contributed by atoms with van der Waals surface area (Å²) in [6.45, 7) is 2.77. The van der Waals surface area contributed by atoms with Gasteiger partial charge in [-0.2, -0.15) is 0 Å². The SMILES string of the molecule is CN(CCCNCC(O)c1ccc(F)cc1F)Cc1ccccc1. The molecule has 2 aromatic carbocycles. The Morgan fingerprint density at radius 3 is 2.58 bits per heavy atom. The molecule has 24 heavy (non-hydrogen) atoms. The number of hydrogen-bond donors (Lipinski definition) is 2. The topological polar surface area (TPSA) is 35.5 Å². The molecule has 0 saturated heterocycles. The van der Waals surface area contributed by atoms with Crippen molar-refractivity contribution in [3.63, 3.8) is 0 Å². The van der Waals surface area contributed by atoms with Crippen LogP contribution in [-0.4, -0.2) is 36.7 Å². The average Bonchev–Trinajstić information content (AvgIpc) is 2.55. The lowest BCUT2D eigenvalue weighted by atomic mass is 10.1. The second-order valence-corrected chi connectivity index (χ2v) is 5.96.